The lowest BCUT2D eigenvalue weighted by Crippen LogP contribution is -2.36. The molecule has 2 aromatic carbocycles. The summed E-state index contributed by atoms with van der Waals surface area (Å²) in [5.41, 5.74) is 2.72. The van der Waals surface area contributed by atoms with Gasteiger partial charge in [-0.3, -0.25) is 4.72 Å². The second kappa shape index (κ2) is 8.59. The fraction of sp³-hybridized carbons (Fsp3) is 0.238. The summed E-state index contributed by atoms with van der Waals surface area (Å²) < 4.78 is 33.0. The van der Waals surface area contributed by atoms with Crippen LogP contribution in [0.1, 0.15) is 5.56 Å². The minimum atomic E-state index is -3.51. The normalized spacial score (nSPS) is 14.6. The molecule has 1 saturated heterocycles. The molecule has 0 spiro atoms. The summed E-state index contributed by atoms with van der Waals surface area (Å²) in [5.74, 6) is 0.739. The zero-order valence-corrected chi connectivity index (χ0v) is 16.7. The van der Waals surface area contributed by atoms with Gasteiger partial charge in [-0.25, -0.2) is 8.42 Å². The highest BCUT2D eigenvalue weighted by Crippen LogP contribution is 2.23. The molecule has 8 heteroatoms. The molecule has 1 aliphatic heterocycles. The highest BCUT2D eigenvalue weighted by Gasteiger charge is 2.14. The quantitative estimate of drug-likeness (QED) is 0.673. The summed E-state index contributed by atoms with van der Waals surface area (Å²) >= 11 is 0. The third-order valence-corrected chi connectivity index (χ3v) is 5.88. The third-order valence-electron chi connectivity index (χ3n) is 4.62. The van der Waals surface area contributed by atoms with Gasteiger partial charge in [-0.2, -0.15) is 0 Å². The predicted octanol–water partition coefficient (Wildman–Crippen LogP) is 2.92. The zero-order valence-electron chi connectivity index (χ0n) is 15.9. The van der Waals surface area contributed by atoms with Crippen molar-refractivity contribution in [2.24, 2.45) is 0 Å². The first-order valence-corrected chi connectivity index (χ1v) is 11.1. The standard InChI is InChI=1S/C21H22N4O3S/c26-29(27,16-17-5-2-1-3-6-17)24-19-8-4-7-18(15-19)20-9-10-21(23-22-20)25-11-13-28-14-12-25/h1-10,15,24H,11-14,16H2. The lowest BCUT2D eigenvalue weighted by atomic mass is 10.1. The van der Waals surface area contributed by atoms with Crippen LogP contribution in [0.25, 0.3) is 11.3 Å². The maximum absolute atomic E-state index is 12.5. The van der Waals surface area contributed by atoms with Crippen molar-refractivity contribution in [2.75, 3.05) is 35.9 Å². The molecule has 0 aliphatic carbocycles. The highest BCUT2D eigenvalue weighted by atomic mass is 32.2. The Labute approximate surface area is 170 Å². The van der Waals surface area contributed by atoms with Gasteiger partial charge in [0.05, 0.1) is 24.7 Å². The second-order valence-corrected chi connectivity index (χ2v) is 8.53. The molecular formula is C21H22N4O3S. The Bertz CT molecular complexity index is 1050. The molecule has 0 saturated carbocycles. The van der Waals surface area contributed by atoms with Gasteiger partial charge in [0, 0.05) is 24.3 Å². The van der Waals surface area contributed by atoms with Crippen LogP contribution in [0.15, 0.2) is 66.7 Å². The molecule has 0 unspecified atom stereocenters. The minimum absolute atomic E-state index is 0.0773. The molecule has 3 aromatic rings. The van der Waals surface area contributed by atoms with E-state index in [-0.39, 0.29) is 5.75 Å². The van der Waals surface area contributed by atoms with Crippen LogP contribution in [0.5, 0.6) is 0 Å². The van der Waals surface area contributed by atoms with Crippen LogP contribution in [0.3, 0.4) is 0 Å². The summed E-state index contributed by atoms with van der Waals surface area (Å²) in [6.45, 7) is 2.97. The molecule has 150 valence electrons. The number of aromatic nitrogens is 2. The average molecular weight is 410 g/mol. The first kappa shape index (κ1) is 19.4. The van der Waals surface area contributed by atoms with E-state index in [2.05, 4.69) is 19.8 Å². The molecule has 0 bridgehead atoms. The first-order chi connectivity index (χ1) is 14.1. The topological polar surface area (TPSA) is 84.4 Å². The maximum atomic E-state index is 12.5. The molecule has 1 fully saturated rings. The third kappa shape index (κ3) is 5.10. The second-order valence-electron chi connectivity index (χ2n) is 6.80. The molecule has 29 heavy (non-hydrogen) atoms. The SMILES string of the molecule is O=S(=O)(Cc1ccccc1)Nc1cccc(-c2ccc(N3CCOCC3)nn2)c1. The number of rotatable bonds is 6. The van der Waals surface area contributed by atoms with Gasteiger partial charge in [0.15, 0.2) is 5.82 Å². The molecule has 0 radical (unpaired) electrons. The summed E-state index contributed by atoms with van der Waals surface area (Å²) in [7, 11) is -3.51. The van der Waals surface area contributed by atoms with Gasteiger partial charge in [-0.15, -0.1) is 10.2 Å². The lowest BCUT2D eigenvalue weighted by molar-refractivity contribution is 0.122. The van der Waals surface area contributed by atoms with E-state index in [0.29, 0.717) is 24.6 Å². The number of nitrogens with zero attached hydrogens (tertiary/aromatic N) is 3. The van der Waals surface area contributed by atoms with Crippen molar-refractivity contribution in [1.29, 1.82) is 0 Å². The van der Waals surface area contributed by atoms with Crippen molar-refractivity contribution in [3.05, 3.63) is 72.3 Å². The van der Waals surface area contributed by atoms with E-state index in [1.165, 1.54) is 0 Å². The van der Waals surface area contributed by atoms with Gasteiger partial charge in [0.2, 0.25) is 10.0 Å². The molecule has 4 rings (SSSR count). The zero-order chi connectivity index (χ0) is 20.1. The Morgan fingerprint density at radius 1 is 0.931 bits per heavy atom. The predicted molar refractivity (Wildman–Crippen MR) is 113 cm³/mol. The van der Waals surface area contributed by atoms with Crippen molar-refractivity contribution in [3.63, 3.8) is 0 Å². The number of hydrogen-bond acceptors (Lipinski definition) is 6. The van der Waals surface area contributed by atoms with Crippen LogP contribution < -0.4 is 9.62 Å². The van der Waals surface area contributed by atoms with Gasteiger partial charge in [-0.1, -0.05) is 42.5 Å². The van der Waals surface area contributed by atoms with E-state index in [0.717, 1.165) is 30.0 Å². The Balaban J connectivity index is 1.48. The average Bonchev–Trinajstić information content (AvgIpc) is 2.75. The van der Waals surface area contributed by atoms with E-state index in [1.54, 1.807) is 30.3 Å². The van der Waals surface area contributed by atoms with Crippen LogP contribution in [0.2, 0.25) is 0 Å². The van der Waals surface area contributed by atoms with Crippen molar-refractivity contribution < 1.29 is 13.2 Å². The molecule has 1 aromatic heterocycles. The number of ether oxygens (including phenoxy) is 1. The molecule has 0 atom stereocenters. The van der Waals surface area contributed by atoms with Crippen LogP contribution in [-0.4, -0.2) is 44.9 Å². The molecule has 2 heterocycles. The van der Waals surface area contributed by atoms with Gasteiger partial charge in [-0.05, 0) is 29.8 Å². The van der Waals surface area contributed by atoms with Gasteiger partial charge in [0.25, 0.3) is 0 Å². The molecule has 1 aliphatic rings. The maximum Gasteiger partial charge on any atom is 0.236 e. The first-order valence-electron chi connectivity index (χ1n) is 9.40. The fourth-order valence-corrected chi connectivity index (χ4v) is 4.38. The van der Waals surface area contributed by atoms with E-state index in [4.69, 9.17) is 4.74 Å². The van der Waals surface area contributed by atoms with Crippen LogP contribution in [0, 0.1) is 0 Å². The lowest BCUT2D eigenvalue weighted by Gasteiger charge is -2.27. The van der Waals surface area contributed by atoms with E-state index >= 15 is 0 Å². The molecular weight excluding hydrogens is 388 g/mol. The number of anilines is 2. The fourth-order valence-electron chi connectivity index (χ4n) is 3.19. The largest absolute Gasteiger partial charge is 0.378 e. The Morgan fingerprint density at radius 2 is 1.72 bits per heavy atom. The Kier molecular flexibility index (Phi) is 5.73. The summed E-state index contributed by atoms with van der Waals surface area (Å²) in [5, 5.41) is 8.64. The van der Waals surface area contributed by atoms with E-state index in [1.807, 2.05) is 36.4 Å². The van der Waals surface area contributed by atoms with Crippen molar-refractivity contribution in [1.82, 2.24) is 10.2 Å². The van der Waals surface area contributed by atoms with Gasteiger partial charge >= 0.3 is 0 Å². The van der Waals surface area contributed by atoms with Crippen LogP contribution in [-0.2, 0) is 20.5 Å². The summed E-state index contributed by atoms with van der Waals surface area (Å²) in [6.07, 6.45) is 0. The van der Waals surface area contributed by atoms with E-state index in [9.17, 15) is 8.42 Å². The summed E-state index contributed by atoms with van der Waals surface area (Å²) in [6, 6.07) is 20.1. The number of benzene rings is 2. The summed E-state index contributed by atoms with van der Waals surface area (Å²) in [4.78, 5) is 2.13. The monoisotopic (exact) mass is 410 g/mol. The number of morpholine rings is 1. The molecule has 0 amide bonds. The van der Waals surface area contributed by atoms with Gasteiger partial charge in [0.1, 0.15) is 0 Å². The molecule has 7 nitrogen and oxygen atoms in total. The number of sulfonamides is 1. The molecule has 1 N–H and O–H groups in total. The number of hydrogen-bond donors (Lipinski definition) is 1. The van der Waals surface area contributed by atoms with Crippen molar-refractivity contribution in [2.45, 2.75) is 5.75 Å². The van der Waals surface area contributed by atoms with E-state index < -0.39 is 10.0 Å². The van der Waals surface area contributed by atoms with Gasteiger partial charge < -0.3 is 9.64 Å². The van der Waals surface area contributed by atoms with Crippen LogP contribution in [0.4, 0.5) is 11.5 Å². The Morgan fingerprint density at radius 3 is 2.45 bits per heavy atom. The number of nitrogens with one attached hydrogen (secondary N) is 1. The van der Waals surface area contributed by atoms with Crippen molar-refractivity contribution in [3.8, 4) is 11.3 Å². The minimum Gasteiger partial charge on any atom is -0.378 e. The smallest absolute Gasteiger partial charge is 0.236 e. The highest BCUT2D eigenvalue weighted by molar-refractivity contribution is 7.91. The van der Waals surface area contributed by atoms with Crippen LogP contribution >= 0.6 is 0 Å². The Hall–Kier alpha value is -2.97. The van der Waals surface area contributed by atoms with Crippen molar-refractivity contribution >= 4 is 21.5 Å².